The van der Waals surface area contributed by atoms with Crippen molar-refractivity contribution in [1.29, 1.82) is 0 Å². The molecule has 2 aromatic carbocycles. The minimum atomic E-state index is -4.42. The number of aromatic amines is 1. The Balaban J connectivity index is 1.71. The van der Waals surface area contributed by atoms with E-state index in [0.717, 1.165) is 12.1 Å². The van der Waals surface area contributed by atoms with Gasteiger partial charge < -0.3 is 20.9 Å². The van der Waals surface area contributed by atoms with E-state index < -0.39 is 11.7 Å². The zero-order valence-corrected chi connectivity index (χ0v) is 19.6. The number of aromatic nitrogens is 4. The van der Waals surface area contributed by atoms with Gasteiger partial charge in [0.05, 0.1) is 21.3 Å². The van der Waals surface area contributed by atoms with Crippen molar-refractivity contribution in [2.24, 2.45) is 5.92 Å². The van der Waals surface area contributed by atoms with Crippen LogP contribution in [0.5, 0.6) is 0 Å². The Hall–Kier alpha value is -3.24. The Bertz CT molecular complexity index is 1280. The molecule has 12 heteroatoms. The highest BCUT2D eigenvalue weighted by Gasteiger charge is 2.30. The van der Waals surface area contributed by atoms with Crippen LogP contribution in [0.4, 0.5) is 42.3 Å². The standard InChI is InChI=1S/C22H20Cl2F3N7/c1-11(2)10-28-20-32-18(29-13-8-6-12(7-9-13)22(25,26)27)17-19(33-20)34-21(31-17)30-16-14(23)4-3-5-15(16)24/h3-9,11H,10H2,1-2H3,(H4,28,29,30,31,32,33,34). The average Bonchev–Trinajstić information content (AvgIpc) is 3.18. The van der Waals surface area contributed by atoms with Gasteiger partial charge in [0, 0.05) is 12.2 Å². The molecule has 0 aliphatic carbocycles. The van der Waals surface area contributed by atoms with Gasteiger partial charge in [0.25, 0.3) is 0 Å². The molecule has 0 atom stereocenters. The Morgan fingerprint density at radius 3 is 2.24 bits per heavy atom. The van der Waals surface area contributed by atoms with Crippen LogP contribution in [0.1, 0.15) is 19.4 Å². The van der Waals surface area contributed by atoms with E-state index in [1.165, 1.54) is 12.1 Å². The Labute approximate surface area is 203 Å². The molecule has 4 N–H and O–H groups in total. The fourth-order valence-corrected chi connectivity index (χ4v) is 3.53. The quantitative estimate of drug-likeness (QED) is 0.210. The molecule has 0 radical (unpaired) electrons. The third kappa shape index (κ3) is 5.45. The first kappa shape index (κ1) is 23.9. The van der Waals surface area contributed by atoms with Crippen molar-refractivity contribution >= 4 is 63.5 Å². The lowest BCUT2D eigenvalue weighted by Gasteiger charge is -2.12. The number of alkyl halides is 3. The first-order valence-electron chi connectivity index (χ1n) is 10.3. The molecule has 0 saturated heterocycles. The molecule has 2 aromatic heterocycles. The lowest BCUT2D eigenvalue weighted by Crippen LogP contribution is -2.11. The summed E-state index contributed by atoms with van der Waals surface area (Å²) < 4.78 is 38.7. The molecule has 0 fully saturated rings. The highest BCUT2D eigenvalue weighted by atomic mass is 35.5. The fraction of sp³-hybridized carbons (Fsp3) is 0.227. The van der Waals surface area contributed by atoms with Crippen molar-refractivity contribution in [2.75, 3.05) is 22.5 Å². The number of rotatable bonds is 7. The number of nitrogens with zero attached hydrogens (tertiary/aromatic N) is 3. The number of imidazole rings is 1. The Kier molecular flexibility index (Phi) is 6.72. The van der Waals surface area contributed by atoms with Crippen molar-refractivity contribution < 1.29 is 13.2 Å². The fourth-order valence-electron chi connectivity index (χ4n) is 3.04. The summed E-state index contributed by atoms with van der Waals surface area (Å²) in [5.74, 6) is 1.31. The maximum absolute atomic E-state index is 12.9. The third-order valence-electron chi connectivity index (χ3n) is 4.70. The summed E-state index contributed by atoms with van der Waals surface area (Å²) in [5, 5.41) is 10.0. The highest BCUT2D eigenvalue weighted by molar-refractivity contribution is 6.39. The van der Waals surface area contributed by atoms with Gasteiger partial charge in [-0.3, -0.25) is 0 Å². The van der Waals surface area contributed by atoms with Gasteiger partial charge in [-0.2, -0.15) is 28.1 Å². The Morgan fingerprint density at radius 2 is 1.62 bits per heavy atom. The topological polar surface area (TPSA) is 90.5 Å². The van der Waals surface area contributed by atoms with E-state index in [2.05, 4.69) is 35.9 Å². The van der Waals surface area contributed by atoms with Crippen LogP contribution in [0.15, 0.2) is 42.5 Å². The van der Waals surface area contributed by atoms with E-state index in [9.17, 15) is 13.2 Å². The van der Waals surface area contributed by atoms with Crippen LogP contribution in [0.3, 0.4) is 0 Å². The number of halogens is 5. The van der Waals surface area contributed by atoms with E-state index in [4.69, 9.17) is 23.2 Å². The molecule has 4 aromatic rings. The van der Waals surface area contributed by atoms with Crippen LogP contribution < -0.4 is 16.0 Å². The zero-order chi connectivity index (χ0) is 24.5. The molecule has 2 heterocycles. The lowest BCUT2D eigenvalue weighted by atomic mass is 10.2. The SMILES string of the molecule is CC(C)CNc1nc(Nc2ccc(C(F)(F)F)cc2)c2[nH]c(Nc3c(Cl)cccc3Cl)nc2n1. The minimum Gasteiger partial charge on any atom is -0.354 e. The Morgan fingerprint density at radius 1 is 0.941 bits per heavy atom. The average molecular weight is 510 g/mol. The number of anilines is 5. The predicted molar refractivity (Wildman–Crippen MR) is 129 cm³/mol. The van der Waals surface area contributed by atoms with Crippen LogP contribution in [-0.2, 0) is 6.18 Å². The molecule has 0 unspecified atom stereocenters. The first-order valence-corrected chi connectivity index (χ1v) is 11.0. The second kappa shape index (κ2) is 9.55. The summed E-state index contributed by atoms with van der Waals surface area (Å²) in [6.45, 7) is 4.70. The van der Waals surface area contributed by atoms with Gasteiger partial charge in [-0.15, -0.1) is 0 Å². The molecule has 4 rings (SSSR count). The van der Waals surface area contributed by atoms with Gasteiger partial charge >= 0.3 is 6.18 Å². The van der Waals surface area contributed by atoms with Gasteiger partial charge in [0.2, 0.25) is 11.9 Å². The van der Waals surface area contributed by atoms with Crippen molar-refractivity contribution in [3.8, 4) is 0 Å². The van der Waals surface area contributed by atoms with E-state index in [0.29, 0.717) is 62.8 Å². The predicted octanol–water partition coefficient (Wildman–Crippen LogP) is 7.23. The molecule has 0 bridgehead atoms. The summed E-state index contributed by atoms with van der Waals surface area (Å²) in [6.07, 6.45) is -4.42. The van der Waals surface area contributed by atoms with Gasteiger partial charge in [0.15, 0.2) is 11.5 Å². The summed E-state index contributed by atoms with van der Waals surface area (Å²) in [6, 6.07) is 9.75. The van der Waals surface area contributed by atoms with Gasteiger partial charge in [-0.05, 0) is 42.3 Å². The first-order chi connectivity index (χ1) is 16.1. The molecule has 0 amide bonds. The largest absolute Gasteiger partial charge is 0.416 e. The zero-order valence-electron chi connectivity index (χ0n) is 18.1. The number of nitrogens with one attached hydrogen (secondary N) is 4. The summed E-state index contributed by atoms with van der Waals surface area (Å²) in [7, 11) is 0. The van der Waals surface area contributed by atoms with Gasteiger partial charge in [-0.1, -0.05) is 43.1 Å². The second-order valence-corrected chi connectivity index (χ2v) is 8.69. The van der Waals surface area contributed by atoms with E-state index in [-0.39, 0.29) is 0 Å². The molecule has 0 spiro atoms. The molecule has 0 aliphatic rings. The van der Waals surface area contributed by atoms with Crippen LogP contribution >= 0.6 is 23.2 Å². The van der Waals surface area contributed by atoms with E-state index in [1.807, 2.05) is 13.8 Å². The maximum atomic E-state index is 12.9. The lowest BCUT2D eigenvalue weighted by molar-refractivity contribution is -0.137. The van der Waals surface area contributed by atoms with Crippen LogP contribution in [0.2, 0.25) is 10.0 Å². The smallest absolute Gasteiger partial charge is 0.354 e. The van der Waals surface area contributed by atoms with Crippen LogP contribution in [0.25, 0.3) is 11.2 Å². The molecule has 0 saturated carbocycles. The van der Waals surface area contributed by atoms with E-state index >= 15 is 0 Å². The monoisotopic (exact) mass is 509 g/mol. The normalized spacial score (nSPS) is 11.8. The number of fused-ring (bicyclic) bond motifs is 1. The number of hydrogen-bond donors (Lipinski definition) is 4. The van der Waals surface area contributed by atoms with E-state index in [1.54, 1.807) is 18.2 Å². The number of H-pyrrole nitrogens is 1. The molecular weight excluding hydrogens is 490 g/mol. The maximum Gasteiger partial charge on any atom is 0.416 e. The molecule has 178 valence electrons. The van der Waals surface area contributed by atoms with Crippen LogP contribution in [-0.4, -0.2) is 26.5 Å². The molecular formula is C22H20Cl2F3N7. The van der Waals surface area contributed by atoms with Crippen molar-refractivity contribution in [2.45, 2.75) is 20.0 Å². The van der Waals surface area contributed by atoms with Gasteiger partial charge in [0.1, 0.15) is 5.52 Å². The van der Waals surface area contributed by atoms with Crippen molar-refractivity contribution in [1.82, 2.24) is 19.9 Å². The summed E-state index contributed by atoms with van der Waals surface area (Å²) in [5.41, 5.74) is 0.922. The molecule has 0 aliphatic heterocycles. The second-order valence-electron chi connectivity index (χ2n) is 7.88. The molecule has 7 nitrogen and oxygen atoms in total. The van der Waals surface area contributed by atoms with Crippen molar-refractivity contribution in [3.05, 3.63) is 58.1 Å². The molecule has 34 heavy (non-hydrogen) atoms. The van der Waals surface area contributed by atoms with Crippen molar-refractivity contribution in [3.63, 3.8) is 0 Å². The summed E-state index contributed by atoms with van der Waals surface area (Å²) in [4.78, 5) is 16.5. The number of para-hydroxylation sites is 1. The summed E-state index contributed by atoms with van der Waals surface area (Å²) >= 11 is 12.5. The number of benzene rings is 2. The third-order valence-corrected chi connectivity index (χ3v) is 5.33. The van der Waals surface area contributed by atoms with Crippen LogP contribution in [0, 0.1) is 5.92 Å². The number of hydrogen-bond acceptors (Lipinski definition) is 6. The van der Waals surface area contributed by atoms with Gasteiger partial charge in [-0.25, -0.2) is 0 Å². The minimum absolute atomic E-state index is 0.316. The highest BCUT2D eigenvalue weighted by Crippen LogP contribution is 2.34.